The van der Waals surface area contributed by atoms with Crippen LogP contribution >= 0.6 is 27.3 Å². The summed E-state index contributed by atoms with van der Waals surface area (Å²) in [7, 11) is 0. The zero-order valence-electron chi connectivity index (χ0n) is 15.5. The summed E-state index contributed by atoms with van der Waals surface area (Å²) in [6, 6.07) is 12.9. The number of rotatable bonds is 4. The Kier molecular flexibility index (Phi) is 5.92. The van der Waals surface area contributed by atoms with Gasteiger partial charge in [-0.05, 0) is 51.6 Å². The largest absolute Gasteiger partial charge is 0.353 e. The molecule has 0 aliphatic carbocycles. The van der Waals surface area contributed by atoms with Crippen molar-refractivity contribution in [2.24, 2.45) is 0 Å². The number of amides is 2. The van der Waals surface area contributed by atoms with Crippen LogP contribution in [0, 0.1) is 0 Å². The van der Waals surface area contributed by atoms with E-state index in [2.05, 4.69) is 31.1 Å². The van der Waals surface area contributed by atoms with Crippen LogP contribution in [0.2, 0.25) is 0 Å². The number of hydrogen-bond acceptors (Lipinski definition) is 5. The number of thiophene rings is 1. The molecule has 0 saturated carbocycles. The summed E-state index contributed by atoms with van der Waals surface area (Å²) in [5, 5.41) is 6.51. The lowest BCUT2D eigenvalue weighted by molar-refractivity contribution is 0.0747. The van der Waals surface area contributed by atoms with Gasteiger partial charge < -0.3 is 15.1 Å². The number of para-hydroxylation sites is 1. The number of pyridine rings is 1. The zero-order valence-corrected chi connectivity index (χ0v) is 17.9. The molecule has 1 fully saturated rings. The first-order valence-corrected chi connectivity index (χ1v) is 10.9. The molecule has 1 aromatic carbocycles. The summed E-state index contributed by atoms with van der Waals surface area (Å²) in [5.41, 5.74) is 1.63. The normalized spacial score (nSPS) is 14.0. The van der Waals surface area contributed by atoms with E-state index in [1.54, 1.807) is 29.8 Å². The lowest BCUT2D eigenvalue weighted by atomic mass is 10.1. The second-order valence-corrected chi connectivity index (χ2v) is 8.32. The lowest BCUT2D eigenvalue weighted by Gasteiger charge is -2.35. The van der Waals surface area contributed by atoms with Crippen LogP contribution < -0.4 is 10.2 Å². The average molecular weight is 471 g/mol. The fraction of sp³-hybridized carbons (Fsp3) is 0.190. The van der Waals surface area contributed by atoms with Gasteiger partial charge >= 0.3 is 0 Å². The van der Waals surface area contributed by atoms with Crippen molar-refractivity contribution in [3.8, 4) is 0 Å². The number of halogens is 1. The van der Waals surface area contributed by atoms with Crippen molar-refractivity contribution in [2.45, 2.75) is 0 Å². The number of carbonyl (C=O) groups excluding carboxylic acids is 2. The Hall–Kier alpha value is -2.71. The van der Waals surface area contributed by atoms with Crippen LogP contribution in [-0.4, -0.2) is 47.9 Å². The number of nitrogens with one attached hydrogen (secondary N) is 1. The maximum absolute atomic E-state index is 13.1. The Morgan fingerprint density at radius 2 is 1.83 bits per heavy atom. The van der Waals surface area contributed by atoms with Crippen LogP contribution in [0.1, 0.15) is 20.7 Å². The highest BCUT2D eigenvalue weighted by Gasteiger charge is 2.25. The molecule has 1 aliphatic heterocycles. The topological polar surface area (TPSA) is 65.5 Å². The molecule has 0 bridgehead atoms. The predicted molar refractivity (Wildman–Crippen MR) is 119 cm³/mol. The minimum absolute atomic E-state index is 0.0744. The van der Waals surface area contributed by atoms with E-state index in [-0.39, 0.29) is 11.8 Å². The van der Waals surface area contributed by atoms with Crippen LogP contribution in [0.25, 0.3) is 0 Å². The van der Waals surface area contributed by atoms with Crippen molar-refractivity contribution in [2.75, 3.05) is 36.4 Å². The Morgan fingerprint density at radius 1 is 1.03 bits per heavy atom. The third kappa shape index (κ3) is 4.49. The molecular weight excluding hydrogens is 452 g/mol. The zero-order chi connectivity index (χ0) is 20.2. The van der Waals surface area contributed by atoms with E-state index in [4.69, 9.17) is 0 Å². The lowest BCUT2D eigenvalue weighted by Crippen LogP contribution is -2.49. The highest BCUT2D eigenvalue weighted by atomic mass is 79.9. The summed E-state index contributed by atoms with van der Waals surface area (Å²) in [4.78, 5) is 33.9. The van der Waals surface area contributed by atoms with E-state index >= 15 is 0 Å². The molecular formula is C21H19BrN4O2S. The molecule has 0 atom stereocenters. The maximum Gasteiger partial charge on any atom is 0.256 e. The molecule has 6 nitrogen and oxygen atoms in total. The number of aromatic nitrogens is 1. The molecule has 3 heterocycles. The Morgan fingerprint density at radius 3 is 2.52 bits per heavy atom. The molecule has 0 spiro atoms. The third-order valence-electron chi connectivity index (χ3n) is 4.79. The van der Waals surface area contributed by atoms with Crippen LogP contribution in [-0.2, 0) is 0 Å². The van der Waals surface area contributed by atoms with Gasteiger partial charge in [-0.1, -0.05) is 12.1 Å². The monoisotopic (exact) mass is 470 g/mol. The summed E-state index contributed by atoms with van der Waals surface area (Å²) < 4.78 is 0.941. The van der Waals surface area contributed by atoms with E-state index in [0.717, 1.165) is 10.3 Å². The minimum atomic E-state index is -0.211. The average Bonchev–Trinajstić information content (AvgIpc) is 3.30. The molecule has 1 N–H and O–H groups in total. The van der Waals surface area contributed by atoms with Gasteiger partial charge in [-0.3, -0.25) is 9.59 Å². The van der Waals surface area contributed by atoms with Crippen LogP contribution in [0.3, 0.4) is 0 Å². The van der Waals surface area contributed by atoms with Gasteiger partial charge in [0.2, 0.25) is 0 Å². The molecule has 1 saturated heterocycles. The summed E-state index contributed by atoms with van der Waals surface area (Å²) in [6.45, 7) is 2.63. The van der Waals surface area contributed by atoms with Gasteiger partial charge in [0.15, 0.2) is 0 Å². The summed E-state index contributed by atoms with van der Waals surface area (Å²) in [5.74, 6) is 0.621. The van der Waals surface area contributed by atoms with Crippen molar-refractivity contribution in [1.29, 1.82) is 0 Å². The molecule has 4 rings (SSSR count). The Balaban J connectivity index is 1.44. The molecule has 1 aliphatic rings. The van der Waals surface area contributed by atoms with E-state index in [1.165, 1.54) is 11.3 Å². The van der Waals surface area contributed by atoms with Crippen molar-refractivity contribution in [1.82, 2.24) is 9.88 Å². The first-order chi connectivity index (χ1) is 14.1. The van der Waals surface area contributed by atoms with Crippen molar-refractivity contribution < 1.29 is 9.59 Å². The van der Waals surface area contributed by atoms with E-state index in [0.29, 0.717) is 43.0 Å². The molecule has 0 unspecified atom stereocenters. The molecule has 2 aromatic heterocycles. The number of anilines is 2. The number of piperazine rings is 1. The van der Waals surface area contributed by atoms with Crippen molar-refractivity contribution in [3.63, 3.8) is 0 Å². The first kappa shape index (κ1) is 19.6. The fourth-order valence-corrected chi connectivity index (χ4v) is 4.10. The molecule has 8 heteroatoms. The standard InChI is InChI=1S/C21H19BrN4O2S/c22-16-5-6-19(23-13-16)25-8-10-26(11-9-25)21(28)17-3-1-2-4-18(17)24-20(27)15-7-12-29-14-15/h1-7,12-14H,8-11H2,(H,24,27). The van der Waals surface area contributed by atoms with Gasteiger partial charge in [-0.25, -0.2) is 4.98 Å². The smallest absolute Gasteiger partial charge is 0.256 e. The van der Waals surface area contributed by atoms with Crippen LogP contribution in [0.15, 0.2) is 63.9 Å². The van der Waals surface area contributed by atoms with Gasteiger partial charge in [-0.2, -0.15) is 11.3 Å². The SMILES string of the molecule is O=C(Nc1ccccc1C(=O)N1CCN(c2ccc(Br)cn2)CC1)c1ccsc1. The third-order valence-corrected chi connectivity index (χ3v) is 5.94. The van der Waals surface area contributed by atoms with Crippen LogP contribution in [0.5, 0.6) is 0 Å². The maximum atomic E-state index is 13.1. The number of carbonyl (C=O) groups is 2. The van der Waals surface area contributed by atoms with Crippen LogP contribution in [0.4, 0.5) is 11.5 Å². The van der Waals surface area contributed by atoms with E-state index in [1.807, 2.05) is 34.5 Å². The molecule has 148 valence electrons. The molecule has 0 radical (unpaired) electrons. The molecule has 2 amide bonds. The Labute approximate surface area is 181 Å². The van der Waals surface area contributed by atoms with E-state index < -0.39 is 0 Å². The Bertz CT molecular complexity index is 1000. The highest BCUT2D eigenvalue weighted by molar-refractivity contribution is 9.10. The van der Waals surface area contributed by atoms with Crippen molar-refractivity contribution >= 4 is 50.6 Å². The van der Waals surface area contributed by atoms with Gasteiger partial charge in [0, 0.05) is 42.2 Å². The number of nitrogens with zero attached hydrogens (tertiary/aromatic N) is 3. The molecule has 29 heavy (non-hydrogen) atoms. The summed E-state index contributed by atoms with van der Waals surface area (Å²) in [6.07, 6.45) is 1.78. The first-order valence-electron chi connectivity index (χ1n) is 9.20. The van der Waals surface area contributed by atoms with Gasteiger partial charge in [0.1, 0.15) is 5.82 Å². The predicted octanol–water partition coefficient (Wildman–Crippen LogP) is 4.12. The number of hydrogen-bond donors (Lipinski definition) is 1. The number of benzene rings is 1. The minimum Gasteiger partial charge on any atom is -0.353 e. The van der Waals surface area contributed by atoms with Gasteiger partial charge in [0.25, 0.3) is 11.8 Å². The molecule has 3 aromatic rings. The van der Waals surface area contributed by atoms with E-state index in [9.17, 15) is 9.59 Å². The fourth-order valence-electron chi connectivity index (χ4n) is 3.23. The second kappa shape index (κ2) is 8.75. The quantitative estimate of drug-likeness (QED) is 0.622. The van der Waals surface area contributed by atoms with Crippen molar-refractivity contribution in [3.05, 3.63) is 75.0 Å². The highest BCUT2D eigenvalue weighted by Crippen LogP contribution is 2.21. The summed E-state index contributed by atoms with van der Waals surface area (Å²) >= 11 is 4.86. The van der Waals surface area contributed by atoms with Gasteiger partial charge in [-0.15, -0.1) is 0 Å². The second-order valence-electron chi connectivity index (χ2n) is 6.63. The van der Waals surface area contributed by atoms with Gasteiger partial charge in [0.05, 0.1) is 16.8 Å².